The first-order valence-electron chi connectivity index (χ1n) is 10.3. The maximum Gasteiger partial charge on any atom is 0.252 e. The summed E-state index contributed by atoms with van der Waals surface area (Å²) < 4.78 is 0. The van der Waals surface area contributed by atoms with Crippen molar-refractivity contribution in [2.45, 2.75) is 39.2 Å². The molecule has 1 aliphatic heterocycles. The van der Waals surface area contributed by atoms with E-state index in [1.165, 1.54) is 5.56 Å². The monoisotopic (exact) mass is 418 g/mol. The highest BCUT2D eigenvalue weighted by Gasteiger charge is 2.24. The smallest absolute Gasteiger partial charge is 0.252 e. The van der Waals surface area contributed by atoms with Gasteiger partial charge in [0.15, 0.2) is 0 Å². The van der Waals surface area contributed by atoms with Crippen molar-refractivity contribution in [3.05, 3.63) is 87.1 Å². The Bertz CT molecular complexity index is 1060. The zero-order valence-electron chi connectivity index (χ0n) is 17.5. The Hall–Kier alpha value is -2.92. The topological polar surface area (TPSA) is 49.4 Å². The Kier molecular flexibility index (Phi) is 5.73. The number of carbonyl (C=O) groups is 2. The number of nitrogens with one attached hydrogen (secondary N) is 1. The van der Waals surface area contributed by atoms with Crippen LogP contribution in [0.15, 0.2) is 60.0 Å². The minimum absolute atomic E-state index is 0.0357. The predicted octanol–water partition coefficient (Wildman–Crippen LogP) is 5.30. The second kappa shape index (κ2) is 8.44. The van der Waals surface area contributed by atoms with Crippen LogP contribution in [0.2, 0.25) is 0 Å². The fraction of sp³-hybridized carbons (Fsp3) is 0.280. The number of fused-ring (bicyclic) bond motifs is 1. The Balaban J connectivity index is 1.59. The number of thiophene rings is 1. The Labute approximate surface area is 181 Å². The average molecular weight is 419 g/mol. The summed E-state index contributed by atoms with van der Waals surface area (Å²) in [5.74, 6) is 0.397. The highest BCUT2D eigenvalue weighted by atomic mass is 32.1. The molecule has 2 amide bonds. The van der Waals surface area contributed by atoms with Gasteiger partial charge in [-0.05, 0) is 58.7 Å². The lowest BCUT2D eigenvalue weighted by Crippen LogP contribution is -2.29. The van der Waals surface area contributed by atoms with E-state index in [0.717, 1.165) is 28.1 Å². The van der Waals surface area contributed by atoms with E-state index >= 15 is 0 Å². The molecule has 0 aliphatic carbocycles. The van der Waals surface area contributed by atoms with Crippen molar-refractivity contribution >= 4 is 28.8 Å². The molecule has 2 heterocycles. The molecule has 30 heavy (non-hydrogen) atoms. The zero-order valence-corrected chi connectivity index (χ0v) is 18.3. The highest BCUT2D eigenvalue weighted by molar-refractivity contribution is 7.10. The van der Waals surface area contributed by atoms with Crippen LogP contribution < -0.4 is 10.2 Å². The molecule has 0 saturated carbocycles. The molecule has 3 aromatic rings. The van der Waals surface area contributed by atoms with Gasteiger partial charge in [-0.3, -0.25) is 9.59 Å². The van der Waals surface area contributed by atoms with Gasteiger partial charge in [0, 0.05) is 29.6 Å². The number of benzene rings is 2. The summed E-state index contributed by atoms with van der Waals surface area (Å²) in [6.45, 7) is 6.60. The number of amides is 2. The minimum atomic E-state index is -0.194. The number of rotatable bonds is 5. The fourth-order valence-corrected chi connectivity index (χ4v) is 4.73. The molecule has 2 aromatic carbocycles. The molecule has 1 aromatic heterocycles. The fourth-order valence-electron chi connectivity index (χ4n) is 3.93. The second-order valence-electron chi connectivity index (χ2n) is 8.01. The maximum absolute atomic E-state index is 13.1. The molecule has 154 valence electrons. The molecule has 5 heteroatoms. The van der Waals surface area contributed by atoms with Crippen molar-refractivity contribution in [2.75, 3.05) is 11.4 Å². The minimum Gasteiger partial charge on any atom is -0.340 e. The lowest BCUT2D eigenvalue weighted by Gasteiger charge is -2.20. The predicted molar refractivity (Wildman–Crippen MR) is 122 cm³/mol. The largest absolute Gasteiger partial charge is 0.340 e. The van der Waals surface area contributed by atoms with E-state index < -0.39 is 0 Å². The van der Waals surface area contributed by atoms with E-state index in [-0.39, 0.29) is 17.9 Å². The molecule has 4 rings (SSSR count). The Morgan fingerprint density at radius 3 is 2.40 bits per heavy atom. The highest BCUT2D eigenvalue weighted by Crippen LogP contribution is 2.31. The molecule has 0 radical (unpaired) electrons. The molecule has 0 bridgehead atoms. The molecular formula is C25H26N2O2S. The van der Waals surface area contributed by atoms with Gasteiger partial charge in [-0.25, -0.2) is 0 Å². The SMILES string of the molecule is CC(=O)N1CCc2cc(C(=O)NC(c3ccc(C(C)C)cc3)c3cccs3)ccc21. The number of hydrogen-bond donors (Lipinski definition) is 1. The Morgan fingerprint density at radius 1 is 1.03 bits per heavy atom. The molecule has 1 atom stereocenters. The van der Waals surface area contributed by atoms with Crippen LogP contribution in [0.5, 0.6) is 0 Å². The first kappa shape index (κ1) is 20.4. The van der Waals surface area contributed by atoms with E-state index in [1.54, 1.807) is 23.2 Å². The van der Waals surface area contributed by atoms with Crippen molar-refractivity contribution in [3.8, 4) is 0 Å². The van der Waals surface area contributed by atoms with Gasteiger partial charge in [-0.2, -0.15) is 0 Å². The molecule has 4 nitrogen and oxygen atoms in total. The second-order valence-corrected chi connectivity index (χ2v) is 8.99. The molecule has 0 spiro atoms. The van der Waals surface area contributed by atoms with Gasteiger partial charge < -0.3 is 10.2 Å². The Morgan fingerprint density at radius 2 is 1.77 bits per heavy atom. The standard InChI is InChI=1S/C25H26N2O2S/c1-16(2)18-6-8-19(9-7-18)24(23-5-4-14-30-23)26-25(29)21-10-11-22-20(15-21)12-13-27(22)17(3)28/h4-11,14-16,24H,12-13H2,1-3H3,(H,26,29). The van der Waals surface area contributed by atoms with Gasteiger partial charge in [0.25, 0.3) is 5.91 Å². The van der Waals surface area contributed by atoms with Crippen LogP contribution in [0.25, 0.3) is 0 Å². The first-order valence-corrected chi connectivity index (χ1v) is 11.2. The van der Waals surface area contributed by atoms with E-state index in [4.69, 9.17) is 0 Å². The van der Waals surface area contributed by atoms with Gasteiger partial charge in [-0.1, -0.05) is 44.2 Å². The van der Waals surface area contributed by atoms with E-state index in [9.17, 15) is 9.59 Å². The van der Waals surface area contributed by atoms with Crippen LogP contribution in [-0.2, 0) is 11.2 Å². The summed E-state index contributed by atoms with van der Waals surface area (Å²) in [6, 6.07) is 18.0. The number of anilines is 1. The van der Waals surface area contributed by atoms with Crippen LogP contribution in [0, 0.1) is 0 Å². The molecule has 1 unspecified atom stereocenters. The van der Waals surface area contributed by atoms with Crippen LogP contribution in [-0.4, -0.2) is 18.4 Å². The summed E-state index contributed by atoms with van der Waals surface area (Å²) in [6.07, 6.45) is 0.779. The maximum atomic E-state index is 13.1. The molecule has 1 aliphatic rings. The number of carbonyl (C=O) groups excluding carboxylic acids is 2. The van der Waals surface area contributed by atoms with Crippen molar-refractivity contribution in [1.29, 1.82) is 0 Å². The third-order valence-electron chi connectivity index (χ3n) is 5.66. The van der Waals surface area contributed by atoms with Crippen LogP contribution in [0.4, 0.5) is 5.69 Å². The van der Waals surface area contributed by atoms with E-state index in [0.29, 0.717) is 18.0 Å². The van der Waals surface area contributed by atoms with Gasteiger partial charge in [0.2, 0.25) is 5.91 Å². The van der Waals surface area contributed by atoms with Gasteiger partial charge >= 0.3 is 0 Å². The van der Waals surface area contributed by atoms with Crippen molar-refractivity contribution in [2.24, 2.45) is 0 Å². The quantitative estimate of drug-likeness (QED) is 0.611. The van der Waals surface area contributed by atoms with Gasteiger partial charge in [0.1, 0.15) is 0 Å². The third kappa shape index (κ3) is 4.03. The van der Waals surface area contributed by atoms with E-state index in [1.807, 2.05) is 29.6 Å². The molecule has 0 fully saturated rings. The lowest BCUT2D eigenvalue weighted by molar-refractivity contribution is -0.116. The summed E-state index contributed by atoms with van der Waals surface area (Å²) in [4.78, 5) is 27.8. The zero-order chi connectivity index (χ0) is 21.3. The van der Waals surface area contributed by atoms with E-state index in [2.05, 4.69) is 49.5 Å². The summed E-state index contributed by atoms with van der Waals surface area (Å²) in [7, 11) is 0. The summed E-state index contributed by atoms with van der Waals surface area (Å²) in [5, 5.41) is 5.25. The molecule has 1 N–H and O–H groups in total. The van der Waals surface area contributed by atoms with Crippen molar-refractivity contribution in [3.63, 3.8) is 0 Å². The lowest BCUT2D eigenvalue weighted by atomic mass is 9.98. The van der Waals surface area contributed by atoms with Crippen LogP contribution in [0.3, 0.4) is 0 Å². The first-order chi connectivity index (χ1) is 14.4. The molecular weight excluding hydrogens is 392 g/mol. The van der Waals surface area contributed by atoms with Gasteiger partial charge in [-0.15, -0.1) is 11.3 Å². The number of hydrogen-bond acceptors (Lipinski definition) is 3. The van der Waals surface area contributed by atoms with Crippen LogP contribution >= 0.6 is 11.3 Å². The normalized spacial score (nSPS) is 13.9. The number of nitrogens with zero attached hydrogens (tertiary/aromatic N) is 1. The van der Waals surface area contributed by atoms with Crippen molar-refractivity contribution in [1.82, 2.24) is 5.32 Å². The van der Waals surface area contributed by atoms with Gasteiger partial charge in [0.05, 0.1) is 6.04 Å². The molecule has 0 saturated heterocycles. The van der Waals surface area contributed by atoms with Crippen LogP contribution in [0.1, 0.15) is 64.7 Å². The average Bonchev–Trinajstić information content (AvgIpc) is 3.41. The van der Waals surface area contributed by atoms with Crippen molar-refractivity contribution < 1.29 is 9.59 Å². The third-order valence-corrected chi connectivity index (χ3v) is 6.59. The summed E-state index contributed by atoms with van der Waals surface area (Å²) in [5.41, 5.74) is 4.94. The summed E-state index contributed by atoms with van der Waals surface area (Å²) >= 11 is 1.64.